The van der Waals surface area contributed by atoms with E-state index >= 15 is 0 Å². The summed E-state index contributed by atoms with van der Waals surface area (Å²) in [5.41, 5.74) is 7.22. The van der Waals surface area contributed by atoms with Crippen molar-refractivity contribution in [2.75, 3.05) is 26.2 Å². The largest absolute Gasteiger partial charge is 0.490 e. The summed E-state index contributed by atoms with van der Waals surface area (Å²) in [7, 11) is 0. The van der Waals surface area contributed by atoms with Gasteiger partial charge in [0.1, 0.15) is 18.5 Å². The van der Waals surface area contributed by atoms with Gasteiger partial charge in [-0.1, -0.05) is 103 Å². The standard InChI is InChI=1S/C35H38N2O3/c1-26(2)33-23-32(40-36-33)18-17-27-11-9-10-16-34(27)39-25-31(38)24-37-21-19-30(20-22-37)35(28-12-5-3-6-13-28)29-14-7-4-8-15-29/h3-18,23,26,31,38H,19-22,24-25H2,1-2H3/b18-17+. The van der Waals surface area contributed by atoms with Crippen LogP contribution in [0.5, 0.6) is 5.75 Å². The van der Waals surface area contributed by atoms with Crippen LogP contribution in [0.2, 0.25) is 0 Å². The van der Waals surface area contributed by atoms with E-state index in [4.69, 9.17) is 9.26 Å². The Morgan fingerprint density at radius 1 is 0.900 bits per heavy atom. The number of piperidine rings is 1. The van der Waals surface area contributed by atoms with E-state index in [1.54, 1.807) is 0 Å². The third kappa shape index (κ3) is 7.17. The van der Waals surface area contributed by atoms with Gasteiger partial charge in [-0.25, -0.2) is 0 Å². The summed E-state index contributed by atoms with van der Waals surface area (Å²) < 4.78 is 11.5. The topological polar surface area (TPSA) is 58.7 Å². The quantitative estimate of drug-likeness (QED) is 0.231. The molecule has 0 radical (unpaired) electrons. The highest BCUT2D eigenvalue weighted by atomic mass is 16.5. The molecule has 1 aromatic heterocycles. The minimum atomic E-state index is -0.576. The average molecular weight is 535 g/mol. The fourth-order valence-electron chi connectivity index (χ4n) is 5.15. The van der Waals surface area contributed by atoms with Gasteiger partial charge in [-0.2, -0.15) is 0 Å². The average Bonchev–Trinajstić information content (AvgIpc) is 3.47. The lowest BCUT2D eigenvalue weighted by Crippen LogP contribution is -2.39. The maximum absolute atomic E-state index is 10.8. The van der Waals surface area contributed by atoms with E-state index in [-0.39, 0.29) is 6.61 Å². The molecule has 1 aliphatic heterocycles. The van der Waals surface area contributed by atoms with Crippen molar-refractivity contribution >= 4 is 17.7 Å². The fourth-order valence-corrected chi connectivity index (χ4v) is 5.15. The number of aromatic nitrogens is 1. The number of rotatable bonds is 10. The number of hydrogen-bond acceptors (Lipinski definition) is 5. The SMILES string of the molecule is CC(C)c1cc(/C=C/c2ccccc2OCC(O)CN2CCC(=C(c3ccccc3)c3ccccc3)CC2)on1. The van der Waals surface area contributed by atoms with E-state index in [2.05, 4.69) is 84.6 Å². The summed E-state index contributed by atoms with van der Waals surface area (Å²) in [5, 5.41) is 14.9. The Morgan fingerprint density at radius 3 is 2.15 bits per heavy atom. The molecule has 5 rings (SSSR count). The second kappa shape index (κ2) is 13.4. The molecule has 0 spiro atoms. The van der Waals surface area contributed by atoms with Crippen LogP contribution in [0.4, 0.5) is 0 Å². The molecule has 0 bridgehead atoms. The van der Waals surface area contributed by atoms with Crippen LogP contribution in [0.25, 0.3) is 17.7 Å². The van der Waals surface area contributed by atoms with Crippen LogP contribution in [0.1, 0.15) is 60.8 Å². The molecule has 5 nitrogen and oxygen atoms in total. The molecule has 1 fully saturated rings. The maximum Gasteiger partial charge on any atom is 0.159 e. The van der Waals surface area contributed by atoms with Gasteiger partial charge in [-0.15, -0.1) is 0 Å². The van der Waals surface area contributed by atoms with E-state index < -0.39 is 6.10 Å². The lowest BCUT2D eigenvalue weighted by Gasteiger charge is -2.31. The van der Waals surface area contributed by atoms with Crippen molar-refractivity contribution in [3.05, 3.63) is 125 Å². The molecule has 0 saturated carbocycles. The Kier molecular flexibility index (Phi) is 9.27. The fraction of sp³-hybridized carbons (Fsp3) is 0.286. The van der Waals surface area contributed by atoms with Gasteiger partial charge >= 0.3 is 0 Å². The number of hydrogen-bond donors (Lipinski definition) is 1. The normalized spacial score (nSPS) is 15.1. The zero-order chi connectivity index (χ0) is 27.7. The molecule has 0 amide bonds. The monoisotopic (exact) mass is 534 g/mol. The molecule has 3 aromatic carbocycles. The van der Waals surface area contributed by atoms with Gasteiger partial charge in [0.2, 0.25) is 0 Å². The lowest BCUT2D eigenvalue weighted by atomic mass is 9.88. The molecule has 1 saturated heterocycles. The molecule has 40 heavy (non-hydrogen) atoms. The van der Waals surface area contributed by atoms with E-state index in [9.17, 15) is 5.11 Å². The summed E-state index contributed by atoms with van der Waals surface area (Å²) in [6.07, 6.45) is 5.26. The van der Waals surface area contributed by atoms with E-state index in [0.717, 1.165) is 42.9 Å². The molecule has 5 heteroatoms. The minimum absolute atomic E-state index is 0.239. The van der Waals surface area contributed by atoms with Crippen molar-refractivity contribution in [1.29, 1.82) is 0 Å². The predicted molar refractivity (Wildman–Crippen MR) is 162 cm³/mol. The predicted octanol–water partition coefficient (Wildman–Crippen LogP) is 7.31. The first-order valence-corrected chi connectivity index (χ1v) is 14.2. The van der Waals surface area contributed by atoms with Crippen LogP contribution >= 0.6 is 0 Å². The van der Waals surface area contributed by atoms with Gasteiger partial charge < -0.3 is 14.4 Å². The van der Waals surface area contributed by atoms with Crippen molar-refractivity contribution in [3.8, 4) is 5.75 Å². The summed E-state index contributed by atoms with van der Waals surface area (Å²) in [4.78, 5) is 2.34. The van der Waals surface area contributed by atoms with E-state index in [1.807, 2.05) is 42.5 Å². The zero-order valence-corrected chi connectivity index (χ0v) is 23.4. The van der Waals surface area contributed by atoms with Crippen molar-refractivity contribution in [2.24, 2.45) is 0 Å². The van der Waals surface area contributed by atoms with Gasteiger partial charge in [-0.3, -0.25) is 4.90 Å². The van der Waals surface area contributed by atoms with Crippen molar-refractivity contribution in [2.45, 2.75) is 38.7 Å². The number of benzene rings is 3. The third-order valence-corrected chi connectivity index (χ3v) is 7.32. The molecular formula is C35H38N2O3. The Hall–Kier alpha value is -3.93. The Labute approximate surface area is 237 Å². The Morgan fingerprint density at radius 2 is 1.52 bits per heavy atom. The van der Waals surface area contributed by atoms with E-state index in [0.29, 0.717) is 18.2 Å². The van der Waals surface area contributed by atoms with Crippen molar-refractivity contribution in [3.63, 3.8) is 0 Å². The number of para-hydroxylation sites is 1. The molecule has 1 aliphatic rings. The molecular weight excluding hydrogens is 496 g/mol. The van der Waals surface area contributed by atoms with Crippen LogP contribution in [0.15, 0.2) is 101 Å². The van der Waals surface area contributed by atoms with Crippen LogP contribution in [0, 0.1) is 0 Å². The molecule has 1 unspecified atom stereocenters. The number of nitrogens with zero attached hydrogens (tertiary/aromatic N) is 2. The molecule has 206 valence electrons. The zero-order valence-electron chi connectivity index (χ0n) is 23.4. The number of likely N-dealkylation sites (tertiary alicyclic amines) is 1. The minimum Gasteiger partial charge on any atom is -0.490 e. The molecule has 2 heterocycles. The molecule has 1 N–H and O–H groups in total. The Balaban J connectivity index is 1.17. The summed E-state index contributed by atoms with van der Waals surface area (Å²) in [6, 6.07) is 31.1. The highest BCUT2D eigenvalue weighted by Crippen LogP contribution is 2.32. The van der Waals surface area contributed by atoms with Crippen LogP contribution in [-0.4, -0.2) is 47.5 Å². The van der Waals surface area contributed by atoms with Gasteiger partial charge in [0.15, 0.2) is 5.76 Å². The van der Waals surface area contributed by atoms with Gasteiger partial charge in [0.25, 0.3) is 0 Å². The van der Waals surface area contributed by atoms with Crippen molar-refractivity contribution < 1.29 is 14.4 Å². The lowest BCUT2D eigenvalue weighted by molar-refractivity contribution is 0.0655. The van der Waals surface area contributed by atoms with Gasteiger partial charge in [0, 0.05) is 31.3 Å². The second-order valence-electron chi connectivity index (χ2n) is 10.7. The van der Waals surface area contributed by atoms with Gasteiger partial charge in [-0.05, 0) is 53.7 Å². The summed E-state index contributed by atoms with van der Waals surface area (Å²) in [5.74, 6) is 1.76. The number of β-amino-alcohol motifs (C(OH)–C–C–N with tert-alkyl or cyclic N) is 1. The molecule has 0 aliphatic carbocycles. The smallest absolute Gasteiger partial charge is 0.159 e. The molecule has 4 aromatic rings. The number of ether oxygens (including phenoxy) is 1. The maximum atomic E-state index is 10.8. The van der Waals surface area contributed by atoms with Crippen molar-refractivity contribution in [1.82, 2.24) is 10.1 Å². The first-order chi connectivity index (χ1) is 19.6. The first-order valence-electron chi connectivity index (χ1n) is 14.2. The summed E-state index contributed by atoms with van der Waals surface area (Å²) in [6.45, 7) is 6.85. The number of aliphatic hydroxyl groups is 1. The van der Waals surface area contributed by atoms with E-state index in [1.165, 1.54) is 22.3 Å². The first kappa shape index (κ1) is 27.6. The number of aliphatic hydroxyl groups excluding tert-OH is 1. The Bertz CT molecular complexity index is 1370. The highest BCUT2D eigenvalue weighted by Gasteiger charge is 2.21. The highest BCUT2D eigenvalue weighted by molar-refractivity contribution is 5.82. The van der Waals surface area contributed by atoms with Crippen LogP contribution < -0.4 is 4.74 Å². The summed E-state index contributed by atoms with van der Waals surface area (Å²) >= 11 is 0. The third-order valence-electron chi connectivity index (χ3n) is 7.32. The molecule has 1 atom stereocenters. The second-order valence-corrected chi connectivity index (χ2v) is 10.7. The van der Waals surface area contributed by atoms with Crippen LogP contribution in [-0.2, 0) is 0 Å². The van der Waals surface area contributed by atoms with Crippen LogP contribution in [0.3, 0.4) is 0 Å². The van der Waals surface area contributed by atoms with Gasteiger partial charge in [0.05, 0.1) is 5.69 Å².